The van der Waals surface area contributed by atoms with E-state index in [1.165, 1.54) is 43.5 Å². The molecular formula is C14H13FN2O4S. The van der Waals surface area contributed by atoms with Gasteiger partial charge in [-0.2, -0.15) is 0 Å². The summed E-state index contributed by atoms with van der Waals surface area (Å²) >= 11 is 0. The van der Waals surface area contributed by atoms with Crippen LogP contribution in [0.3, 0.4) is 0 Å². The fraction of sp³-hybridized carbons (Fsp3) is 0.0714. The van der Waals surface area contributed by atoms with E-state index in [1.54, 1.807) is 0 Å². The molecule has 22 heavy (non-hydrogen) atoms. The lowest BCUT2D eigenvalue weighted by Crippen LogP contribution is -2.41. The average Bonchev–Trinajstić information content (AvgIpc) is 2.53. The van der Waals surface area contributed by atoms with Gasteiger partial charge in [0.05, 0.1) is 12.0 Å². The van der Waals surface area contributed by atoms with Crippen molar-refractivity contribution in [3.05, 3.63) is 59.9 Å². The van der Waals surface area contributed by atoms with Gasteiger partial charge in [-0.05, 0) is 48.5 Å². The molecule has 0 aliphatic heterocycles. The van der Waals surface area contributed by atoms with E-state index >= 15 is 0 Å². The predicted molar refractivity (Wildman–Crippen MR) is 77.2 cm³/mol. The molecule has 0 atom stereocenters. The first-order valence-electron chi connectivity index (χ1n) is 6.14. The number of sulfonamides is 1. The molecule has 0 radical (unpaired) electrons. The SMILES string of the molecule is COc1ccc(S(=O)(=O)NNC(=O)c2ccc(F)cc2)cc1. The Morgan fingerprint density at radius 2 is 1.64 bits per heavy atom. The normalized spacial score (nSPS) is 11.0. The maximum Gasteiger partial charge on any atom is 0.266 e. The van der Waals surface area contributed by atoms with E-state index < -0.39 is 21.7 Å². The molecule has 2 N–H and O–H groups in total. The summed E-state index contributed by atoms with van der Waals surface area (Å²) in [6.07, 6.45) is 0. The molecule has 2 rings (SSSR count). The van der Waals surface area contributed by atoms with E-state index in [1.807, 2.05) is 4.83 Å². The van der Waals surface area contributed by atoms with Crippen LogP contribution in [0.25, 0.3) is 0 Å². The summed E-state index contributed by atoms with van der Waals surface area (Å²) in [5.41, 5.74) is 2.18. The van der Waals surface area contributed by atoms with Crippen LogP contribution in [-0.2, 0) is 10.0 Å². The number of benzene rings is 2. The molecule has 0 spiro atoms. The number of ether oxygens (including phenoxy) is 1. The number of halogens is 1. The van der Waals surface area contributed by atoms with E-state index in [0.29, 0.717) is 5.75 Å². The number of hydrazine groups is 1. The summed E-state index contributed by atoms with van der Waals surface area (Å²) in [5.74, 6) is -0.679. The lowest BCUT2D eigenvalue weighted by molar-refractivity contribution is 0.0945. The summed E-state index contributed by atoms with van der Waals surface area (Å²) < 4.78 is 41.7. The zero-order valence-electron chi connectivity index (χ0n) is 11.5. The number of carbonyl (C=O) groups excluding carboxylic acids is 1. The van der Waals surface area contributed by atoms with Crippen LogP contribution in [0.15, 0.2) is 53.4 Å². The molecule has 0 fully saturated rings. The van der Waals surface area contributed by atoms with Gasteiger partial charge < -0.3 is 4.74 Å². The molecule has 0 unspecified atom stereocenters. The second-order valence-corrected chi connectivity index (χ2v) is 5.92. The first kappa shape index (κ1) is 15.9. The van der Waals surface area contributed by atoms with Crippen LogP contribution in [0.1, 0.15) is 10.4 Å². The van der Waals surface area contributed by atoms with E-state index in [0.717, 1.165) is 12.1 Å². The van der Waals surface area contributed by atoms with Crippen molar-refractivity contribution < 1.29 is 22.3 Å². The topological polar surface area (TPSA) is 84.5 Å². The Hall–Kier alpha value is -2.45. The molecule has 8 heteroatoms. The lowest BCUT2D eigenvalue weighted by atomic mass is 10.2. The van der Waals surface area contributed by atoms with E-state index in [-0.39, 0.29) is 10.5 Å². The molecule has 2 aromatic rings. The number of methoxy groups -OCH3 is 1. The van der Waals surface area contributed by atoms with Crippen LogP contribution in [0, 0.1) is 5.82 Å². The maximum atomic E-state index is 12.8. The van der Waals surface area contributed by atoms with Crippen molar-refractivity contribution in [2.75, 3.05) is 7.11 Å². The van der Waals surface area contributed by atoms with Crippen molar-refractivity contribution >= 4 is 15.9 Å². The van der Waals surface area contributed by atoms with Gasteiger partial charge >= 0.3 is 0 Å². The van der Waals surface area contributed by atoms with Crippen molar-refractivity contribution in [1.29, 1.82) is 0 Å². The number of rotatable bonds is 5. The van der Waals surface area contributed by atoms with Gasteiger partial charge in [-0.1, -0.05) is 0 Å². The van der Waals surface area contributed by atoms with Gasteiger partial charge in [0.1, 0.15) is 11.6 Å². The van der Waals surface area contributed by atoms with Crippen LogP contribution >= 0.6 is 0 Å². The molecule has 0 aliphatic rings. The van der Waals surface area contributed by atoms with E-state index in [4.69, 9.17) is 4.74 Å². The van der Waals surface area contributed by atoms with Crippen LogP contribution < -0.4 is 15.0 Å². The average molecular weight is 324 g/mol. The molecule has 0 saturated carbocycles. The highest BCUT2D eigenvalue weighted by atomic mass is 32.2. The van der Waals surface area contributed by atoms with E-state index in [9.17, 15) is 17.6 Å². The van der Waals surface area contributed by atoms with Crippen LogP contribution in [0.2, 0.25) is 0 Å². The molecule has 0 saturated heterocycles. The second-order valence-electron chi connectivity index (χ2n) is 4.24. The van der Waals surface area contributed by atoms with Gasteiger partial charge in [0, 0.05) is 5.56 Å². The summed E-state index contributed by atoms with van der Waals surface area (Å²) in [6, 6.07) is 10.3. The Bertz CT molecular complexity index is 758. The molecular weight excluding hydrogens is 311 g/mol. The number of nitrogens with one attached hydrogen (secondary N) is 2. The van der Waals surface area contributed by atoms with Crippen molar-refractivity contribution in [2.45, 2.75) is 4.90 Å². The van der Waals surface area contributed by atoms with Crippen LogP contribution in [0.5, 0.6) is 5.75 Å². The molecule has 116 valence electrons. The minimum atomic E-state index is -3.91. The smallest absolute Gasteiger partial charge is 0.266 e. The third-order valence-electron chi connectivity index (χ3n) is 2.78. The fourth-order valence-electron chi connectivity index (χ4n) is 1.60. The van der Waals surface area contributed by atoms with Crippen molar-refractivity contribution in [3.63, 3.8) is 0 Å². The Labute approximate surface area is 126 Å². The Morgan fingerprint density at radius 1 is 1.05 bits per heavy atom. The van der Waals surface area contributed by atoms with Gasteiger partial charge in [-0.25, -0.2) is 12.8 Å². The summed E-state index contributed by atoms with van der Waals surface area (Å²) in [6.45, 7) is 0. The van der Waals surface area contributed by atoms with Gasteiger partial charge in [0.15, 0.2) is 0 Å². The summed E-state index contributed by atoms with van der Waals surface area (Å²) in [7, 11) is -2.45. The molecule has 0 aromatic heterocycles. The summed E-state index contributed by atoms with van der Waals surface area (Å²) in [4.78, 5) is 13.7. The number of amides is 1. The molecule has 6 nitrogen and oxygen atoms in total. The van der Waals surface area contributed by atoms with Gasteiger partial charge in [-0.15, -0.1) is 4.83 Å². The number of carbonyl (C=O) groups is 1. The standard InChI is InChI=1S/C14H13FN2O4S/c1-21-12-6-8-13(9-7-12)22(19,20)17-16-14(18)10-2-4-11(15)5-3-10/h2-9,17H,1H3,(H,16,18). The zero-order valence-corrected chi connectivity index (χ0v) is 12.4. The number of hydrogen-bond acceptors (Lipinski definition) is 4. The fourth-order valence-corrected chi connectivity index (χ4v) is 2.44. The summed E-state index contributed by atoms with van der Waals surface area (Å²) in [5, 5.41) is 0. The lowest BCUT2D eigenvalue weighted by Gasteiger charge is -2.09. The first-order chi connectivity index (χ1) is 10.4. The Kier molecular flexibility index (Phi) is 4.74. The van der Waals surface area contributed by atoms with Gasteiger partial charge in [0.2, 0.25) is 0 Å². The third kappa shape index (κ3) is 3.80. The van der Waals surface area contributed by atoms with Crippen LogP contribution in [0.4, 0.5) is 4.39 Å². The largest absolute Gasteiger partial charge is 0.497 e. The molecule has 0 bridgehead atoms. The zero-order chi connectivity index (χ0) is 16.2. The predicted octanol–water partition coefficient (Wildman–Crippen LogP) is 1.46. The highest BCUT2D eigenvalue weighted by Gasteiger charge is 2.15. The highest BCUT2D eigenvalue weighted by molar-refractivity contribution is 7.89. The third-order valence-corrected chi connectivity index (χ3v) is 4.04. The molecule has 2 aromatic carbocycles. The first-order valence-corrected chi connectivity index (χ1v) is 7.62. The minimum absolute atomic E-state index is 0.0345. The van der Waals surface area contributed by atoms with Crippen molar-refractivity contribution in [2.24, 2.45) is 0 Å². The maximum absolute atomic E-state index is 12.8. The Balaban J connectivity index is 2.05. The van der Waals surface area contributed by atoms with Crippen molar-refractivity contribution in [3.8, 4) is 5.75 Å². The quantitative estimate of drug-likeness (QED) is 0.816. The van der Waals surface area contributed by atoms with Crippen LogP contribution in [-0.4, -0.2) is 21.4 Å². The monoisotopic (exact) mass is 324 g/mol. The minimum Gasteiger partial charge on any atom is -0.497 e. The highest BCUT2D eigenvalue weighted by Crippen LogP contribution is 2.14. The van der Waals surface area contributed by atoms with Gasteiger partial charge in [0.25, 0.3) is 15.9 Å². The second kappa shape index (κ2) is 6.54. The number of hydrogen-bond donors (Lipinski definition) is 2. The van der Waals surface area contributed by atoms with Gasteiger partial charge in [-0.3, -0.25) is 10.2 Å². The van der Waals surface area contributed by atoms with E-state index in [2.05, 4.69) is 5.43 Å². The Morgan fingerprint density at radius 3 is 2.18 bits per heavy atom. The molecule has 0 aliphatic carbocycles. The molecule has 0 heterocycles. The van der Waals surface area contributed by atoms with Crippen molar-refractivity contribution in [1.82, 2.24) is 10.3 Å². The molecule has 1 amide bonds.